The van der Waals surface area contributed by atoms with Crippen molar-refractivity contribution in [2.75, 3.05) is 0 Å². The number of nitrogens with two attached hydrogens (primary N) is 1. The Hall–Kier alpha value is -2.24. The Kier molecular flexibility index (Phi) is 4.18. The molecule has 2 aromatic carbocycles. The summed E-state index contributed by atoms with van der Waals surface area (Å²) >= 11 is 5.89. The van der Waals surface area contributed by atoms with Gasteiger partial charge in [-0.3, -0.25) is 0 Å². The van der Waals surface area contributed by atoms with Gasteiger partial charge in [-0.15, -0.1) is 5.10 Å². The van der Waals surface area contributed by atoms with Gasteiger partial charge in [0.25, 0.3) is 0 Å². The second-order valence-electron chi connectivity index (χ2n) is 4.88. The lowest BCUT2D eigenvalue weighted by atomic mass is 10.1. The van der Waals surface area contributed by atoms with E-state index in [2.05, 4.69) is 10.3 Å². The molecular weight excluding hydrogens is 303 g/mol. The van der Waals surface area contributed by atoms with E-state index in [1.54, 1.807) is 10.7 Å². The summed E-state index contributed by atoms with van der Waals surface area (Å²) in [4.78, 5) is 0. The number of halogens is 2. The molecule has 0 saturated heterocycles. The van der Waals surface area contributed by atoms with Crippen LogP contribution in [0.2, 0.25) is 5.02 Å². The van der Waals surface area contributed by atoms with Crippen molar-refractivity contribution in [1.29, 1.82) is 0 Å². The average Bonchev–Trinajstić information content (AvgIpc) is 2.92. The van der Waals surface area contributed by atoms with Gasteiger partial charge in [0.15, 0.2) is 0 Å². The van der Waals surface area contributed by atoms with Crippen LogP contribution in [0.15, 0.2) is 48.5 Å². The van der Waals surface area contributed by atoms with Crippen molar-refractivity contribution in [1.82, 2.24) is 15.0 Å². The van der Waals surface area contributed by atoms with Crippen molar-refractivity contribution in [3.8, 4) is 11.3 Å². The number of benzene rings is 2. The van der Waals surface area contributed by atoms with Gasteiger partial charge in [0, 0.05) is 17.1 Å². The van der Waals surface area contributed by atoms with E-state index in [1.807, 2.05) is 30.3 Å². The molecule has 0 spiro atoms. The Morgan fingerprint density at radius 2 is 1.91 bits per heavy atom. The van der Waals surface area contributed by atoms with Crippen LogP contribution >= 0.6 is 11.6 Å². The van der Waals surface area contributed by atoms with Crippen LogP contribution in [0.1, 0.15) is 11.3 Å². The molecule has 3 rings (SSSR count). The topological polar surface area (TPSA) is 56.7 Å². The normalized spacial score (nSPS) is 10.9. The molecule has 0 bridgehead atoms. The van der Waals surface area contributed by atoms with Gasteiger partial charge in [0.1, 0.15) is 11.5 Å². The first kappa shape index (κ1) is 14.7. The first-order chi connectivity index (χ1) is 10.7. The zero-order chi connectivity index (χ0) is 15.5. The molecule has 1 heterocycles. The average molecular weight is 317 g/mol. The highest BCUT2D eigenvalue weighted by Gasteiger charge is 2.14. The molecule has 4 nitrogen and oxygen atoms in total. The van der Waals surface area contributed by atoms with Gasteiger partial charge in [0.2, 0.25) is 0 Å². The lowest BCUT2D eigenvalue weighted by molar-refractivity contribution is 0.626. The predicted molar refractivity (Wildman–Crippen MR) is 83.9 cm³/mol. The van der Waals surface area contributed by atoms with E-state index in [1.165, 1.54) is 12.1 Å². The summed E-state index contributed by atoms with van der Waals surface area (Å²) in [5, 5.41) is 8.91. The van der Waals surface area contributed by atoms with E-state index in [4.69, 9.17) is 17.3 Å². The minimum Gasteiger partial charge on any atom is -0.325 e. The summed E-state index contributed by atoms with van der Waals surface area (Å²) in [5.41, 5.74) is 8.83. The smallest absolute Gasteiger partial charge is 0.123 e. The fraction of sp³-hybridized carbons (Fsp3) is 0.125. The van der Waals surface area contributed by atoms with E-state index in [9.17, 15) is 4.39 Å². The molecule has 6 heteroatoms. The first-order valence-corrected chi connectivity index (χ1v) is 7.18. The zero-order valence-electron chi connectivity index (χ0n) is 11.7. The second kappa shape index (κ2) is 6.25. The lowest BCUT2D eigenvalue weighted by Gasteiger charge is -2.08. The van der Waals surface area contributed by atoms with Crippen LogP contribution in [0.5, 0.6) is 0 Å². The molecule has 0 saturated carbocycles. The van der Waals surface area contributed by atoms with Crippen molar-refractivity contribution in [2.24, 2.45) is 5.73 Å². The maximum absolute atomic E-state index is 13.5. The maximum Gasteiger partial charge on any atom is 0.123 e. The van der Waals surface area contributed by atoms with E-state index >= 15 is 0 Å². The molecule has 0 unspecified atom stereocenters. The monoisotopic (exact) mass is 316 g/mol. The minimum absolute atomic E-state index is 0.243. The van der Waals surface area contributed by atoms with Crippen molar-refractivity contribution < 1.29 is 4.39 Å². The highest BCUT2D eigenvalue weighted by Crippen LogP contribution is 2.24. The van der Waals surface area contributed by atoms with Gasteiger partial charge < -0.3 is 5.73 Å². The second-order valence-corrected chi connectivity index (χ2v) is 5.32. The van der Waals surface area contributed by atoms with Crippen LogP contribution in [0.4, 0.5) is 4.39 Å². The van der Waals surface area contributed by atoms with Crippen LogP contribution < -0.4 is 5.73 Å². The third-order valence-electron chi connectivity index (χ3n) is 3.34. The number of nitrogens with zero attached hydrogens (tertiary/aromatic N) is 3. The van der Waals surface area contributed by atoms with Gasteiger partial charge >= 0.3 is 0 Å². The zero-order valence-corrected chi connectivity index (χ0v) is 12.5. The Morgan fingerprint density at radius 1 is 1.14 bits per heavy atom. The molecule has 0 aliphatic heterocycles. The molecule has 0 aliphatic carbocycles. The minimum atomic E-state index is -0.306. The summed E-state index contributed by atoms with van der Waals surface area (Å²) < 4.78 is 15.2. The summed E-state index contributed by atoms with van der Waals surface area (Å²) in [6, 6.07) is 13.8. The van der Waals surface area contributed by atoms with Crippen LogP contribution in [0, 0.1) is 5.82 Å². The van der Waals surface area contributed by atoms with Crippen molar-refractivity contribution in [3.63, 3.8) is 0 Å². The molecular formula is C16H14ClFN4. The number of hydrogen-bond acceptors (Lipinski definition) is 3. The fourth-order valence-electron chi connectivity index (χ4n) is 2.31. The van der Waals surface area contributed by atoms with E-state index in [-0.39, 0.29) is 12.4 Å². The lowest BCUT2D eigenvalue weighted by Crippen LogP contribution is -2.06. The van der Waals surface area contributed by atoms with Crippen LogP contribution in [0.3, 0.4) is 0 Å². The molecule has 1 aromatic heterocycles. The largest absolute Gasteiger partial charge is 0.325 e. The standard InChI is InChI=1S/C16H14ClFN4/c17-13-6-4-11(5-7-13)10-22-16(15(9-19)20-21-22)12-2-1-3-14(18)8-12/h1-8H,9-10,19H2. The number of aromatic nitrogens is 3. The fourth-order valence-corrected chi connectivity index (χ4v) is 2.44. The Labute approximate surface area is 132 Å². The summed E-state index contributed by atoms with van der Waals surface area (Å²) in [7, 11) is 0. The molecule has 0 radical (unpaired) electrons. The molecule has 0 amide bonds. The van der Waals surface area contributed by atoms with E-state index < -0.39 is 0 Å². The van der Waals surface area contributed by atoms with Crippen molar-refractivity contribution >= 4 is 11.6 Å². The van der Waals surface area contributed by atoms with Crippen LogP contribution in [0.25, 0.3) is 11.3 Å². The van der Waals surface area contributed by atoms with E-state index in [0.717, 1.165) is 11.3 Å². The molecule has 112 valence electrons. The van der Waals surface area contributed by atoms with Crippen LogP contribution in [-0.2, 0) is 13.1 Å². The predicted octanol–water partition coefficient (Wildman–Crippen LogP) is 3.24. The van der Waals surface area contributed by atoms with Crippen molar-refractivity contribution in [2.45, 2.75) is 13.1 Å². The molecule has 3 aromatic rings. The van der Waals surface area contributed by atoms with Gasteiger partial charge in [0.05, 0.1) is 12.2 Å². The van der Waals surface area contributed by atoms with Gasteiger partial charge in [-0.25, -0.2) is 9.07 Å². The third-order valence-corrected chi connectivity index (χ3v) is 3.59. The van der Waals surface area contributed by atoms with E-state index in [0.29, 0.717) is 22.8 Å². The maximum atomic E-state index is 13.5. The Balaban J connectivity index is 2.02. The van der Waals surface area contributed by atoms with Crippen LogP contribution in [-0.4, -0.2) is 15.0 Å². The molecule has 0 aliphatic rings. The van der Waals surface area contributed by atoms with Gasteiger partial charge in [-0.05, 0) is 29.8 Å². The first-order valence-electron chi connectivity index (χ1n) is 6.80. The molecule has 0 fully saturated rings. The van der Waals surface area contributed by atoms with Gasteiger partial charge in [-0.1, -0.05) is 41.1 Å². The Morgan fingerprint density at radius 3 is 2.59 bits per heavy atom. The summed E-state index contributed by atoms with van der Waals surface area (Å²) in [6.07, 6.45) is 0. The molecule has 22 heavy (non-hydrogen) atoms. The number of rotatable bonds is 4. The molecule has 0 atom stereocenters. The highest BCUT2D eigenvalue weighted by atomic mass is 35.5. The molecule has 2 N–H and O–H groups in total. The summed E-state index contributed by atoms with van der Waals surface area (Å²) in [6.45, 7) is 0.752. The highest BCUT2D eigenvalue weighted by molar-refractivity contribution is 6.30. The quantitative estimate of drug-likeness (QED) is 0.804. The SMILES string of the molecule is NCc1nnn(Cc2ccc(Cl)cc2)c1-c1cccc(F)c1. The number of hydrogen-bond donors (Lipinski definition) is 1. The third kappa shape index (κ3) is 3.00. The Bertz CT molecular complexity index is 783. The van der Waals surface area contributed by atoms with Crippen molar-refractivity contribution in [3.05, 3.63) is 70.6 Å². The summed E-state index contributed by atoms with van der Waals surface area (Å²) in [5.74, 6) is -0.306. The van der Waals surface area contributed by atoms with Gasteiger partial charge in [-0.2, -0.15) is 0 Å².